The van der Waals surface area contributed by atoms with Gasteiger partial charge in [0.05, 0.1) is 5.41 Å². The molecule has 47 heavy (non-hydrogen) atoms. The van der Waals surface area contributed by atoms with E-state index in [9.17, 15) is 0 Å². The second-order valence-corrected chi connectivity index (χ2v) is 13.3. The van der Waals surface area contributed by atoms with Crippen molar-refractivity contribution in [2.75, 3.05) is 4.90 Å². The number of rotatable bonds is 6. The molecule has 9 rings (SSSR count). The maximum absolute atomic E-state index is 2.37. The van der Waals surface area contributed by atoms with Gasteiger partial charge in [-0.05, 0) is 92.0 Å². The highest BCUT2D eigenvalue weighted by Gasteiger charge is 2.52. The summed E-state index contributed by atoms with van der Waals surface area (Å²) in [6.07, 6.45) is 0. The third kappa shape index (κ3) is 3.96. The summed E-state index contributed by atoms with van der Waals surface area (Å²) in [5.41, 5.74) is 16.6. The molecule has 7 aromatic rings. The molecule has 0 atom stereocenters. The number of hydrogen-bond donors (Lipinski definition) is 0. The molecule has 0 aromatic heterocycles. The molecule has 0 radical (unpaired) electrons. The van der Waals surface area contributed by atoms with Gasteiger partial charge < -0.3 is 4.90 Å². The fourth-order valence-electron chi connectivity index (χ4n) is 8.39. The summed E-state index contributed by atoms with van der Waals surface area (Å²) in [5, 5.41) is 0. The van der Waals surface area contributed by atoms with E-state index in [1.54, 1.807) is 0 Å². The van der Waals surface area contributed by atoms with Crippen LogP contribution in [-0.2, 0) is 10.8 Å². The molecular weight excluding hydrogens is 567 g/mol. The monoisotopic (exact) mass is 601 g/mol. The highest BCUT2D eigenvalue weighted by molar-refractivity contribution is 5.95. The van der Waals surface area contributed by atoms with Gasteiger partial charge in [0, 0.05) is 22.5 Å². The number of hydrogen-bond acceptors (Lipinski definition) is 1. The Hall–Kier alpha value is -5.66. The Morgan fingerprint density at radius 1 is 0.340 bits per heavy atom. The molecule has 1 nitrogen and oxygen atoms in total. The van der Waals surface area contributed by atoms with E-state index in [1.165, 1.54) is 55.6 Å². The average Bonchev–Trinajstić information content (AvgIpc) is 3.57. The van der Waals surface area contributed by atoms with Crippen LogP contribution in [0.5, 0.6) is 0 Å². The molecule has 2 aliphatic carbocycles. The predicted octanol–water partition coefficient (Wildman–Crippen LogP) is 11.8. The second kappa shape index (κ2) is 10.4. The first-order valence-electron chi connectivity index (χ1n) is 16.5. The fraction of sp³-hybridized carbons (Fsp3) is 0.0870. The van der Waals surface area contributed by atoms with Crippen molar-refractivity contribution in [1.29, 1.82) is 0 Å². The normalized spacial score (nSPS) is 14.5. The lowest BCUT2D eigenvalue weighted by Crippen LogP contribution is -2.30. The molecule has 0 unspecified atom stereocenters. The van der Waals surface area contributed by atoms with Crippen molar-refractivity contribution in [2.24, 2.45) is 0 Å². The molecule has 1 heteroatoms. The van der Waals surface area contributed by atoms with Crippen LogP contribution in [0.15, 0.2) is 176 Å². The molecule has 0 aliphatic heterocycles. The first-order chi connectivity index (χ1) is 23.1. The summed E-state index contributed by atoms with van der Waals surface area (Å²) in [4.78, 5) is 2.30. The Balaban J connectivity index is 1.15. The van der Waals surface area contributed by atoms with Crippen LogP contribution >= 0.6 is 0 Å². The van der Waals surface area contributed by atoms with Gasteiger partial charge in [0.15, 0.2) is 0 Å². The summed E-state index contributed by atoms with van der Waals surface area (Å²) >= 11 is 0. The largest absolute Gasteiger partial charge is 0.311 e. The molecule has 224 valence electrons. The second-order valence-electron chi connectivity index (χ2n) is 13.3. The third-order valence-corrected chi connectivity index (χ3v) is 10.5. The summed E-state index contributed by atoms with van der Waals surface area (Å²) in [7, 11) is 0. The van der Waals surface area contributed by atoms with Crippen molar-refractivity contribution in [3.63, 3.8) is 0 Å². The molecule has 0 bridgehead atoms. The summed E-state index contributed by atoms with van der Waals surface area (Å²) < 4.78 is 0. The lowest BCUT2D eigenvalue weighted by molar-refractivity contribution is 0.652. The standard InChI is InChI=1S/C46H35N/c1-45(2)39-20-12-22-41-43(39)44-40(45)21-13-23-42(44)46(41,34-14-6-3-7-15-34)35-28-24-32(25-29-35)33-26-30-38(31-27-33)47(36-16-8-4-9-17-36)37-18-10-5-11-19-37/h3-31H,1-2H3. The summed E-state index contributed by atoms with van der Waals surface area (Å²) in [6, 6.07) is 64.5. The Bertz CT molecular complexity index is 2140. The number of anilines is 3. The van der Waals surface area contributed by atoms with Crippen molar-refractivity contribution < 1.29 is 0 Å². The Morgan fingerprint density at radius 3 is 1.21 bits per heavy atom. The Morgan fingerprint density at radius 2 is 0.723 bits per heavy atom. The van der Waals surface area contributed by atoms with Crippen molar-refractivity contribution >= 4 is 17.1 Å². The highest BCUT2D eigenvalue weighted by atomic mass is 15.1. The molecule has 0 fully saturated rings. The van der Waals surface area contributed by atoms with Crippen LogP contribution in [0.3, 0.4) is 0 Å². The van der Waals surface area contributed by atoms with Crippen LogP contribution in [0, 0.1) is 0 Å². The van der Waals surface area contributed by atoms with E-state index in [4.69, 9.17) is 0 Å². The lowest BCUT2D eigenvalue weighted by atomic mass is 9.65. The van der Waals surface area contributed by atoms with Gasteiger partial charge in [-0.15, -0.1) is 0 Å². The van der Waals surface area contributed by atoms with Crippen LogP contribution in [0.4, 0.5) is 17.1 Å². The van der Waals surface area contributed by atoms with Gasteiger partial charge in [-0.2, -0.15) is 0 Å². The minimum absolute atomic E-state index is 0.00778. The van der Waals surface area contributed by atoms with Gasteiger partial charge in [0.2, 0.25) is 0 Å². The molecule has 0 saturated heterocycles. The molecule has 2 aliphatic rings. The summed E-state index contributed by atoms with van der Waals surface area (Å²) in [6.45, 7) is 4.75. The topological polar surface area (TPSA) is 3.24 Å². The van der Waals surface area contributed by atoms with Gasteiger partial charge in [-0.3, -0.25) is 0 Å². The molecule has 0 N–H and O–H groups in total. The van der Waals surface area contributed by atoms with E-state index >= 15 is 0 Å². The zero-order valence-corrected chi connectivity index (χ0v) is 26.7. The maximum Gasteiger partial charge on any atom is 0.0713 e. The van der Waals surface area contributed by atoms with Crippen molar-refractivity contribution in [3.05, 3.63) is 209 Å². The molecule has 7 aromatic carbocycles. The van der Waals surface area contributed by atoms with Gasteiger partial charge in [0.25, 0.3) is 0 Å². The van der Waals surface area contributed by atoms with E-state index < -0.39 is 0 Å². The number of para-hydroxylation sites is 2. The predicted molar refractivity (Wildman–Crippen MR) is 196 cm³/mol. The minimum Gasteiger partial charge on any atom is -0.311 e. The van der Waals surface area contributed by atoms with E-state index in [0.717, 1.165) is 17.1 Å². The van der Waals surface area contributed by atoms with Gasteiger partial charge in [0.1, 0.15) is 0 Å². The van der Waals surface area contributed by atoms with E-state index in [0.29, 0.717) is 0 Å². The van der Waals surface area contributed by atoms with Crippen molar-refractivity contribution in [1.82, 2.24) is 0 Å². The minimum atomic E-state index is -0.372. The molecule has 0 saturated carbocycles. The van der Waals surface area contributed by atoms with E-state index in [2.05, 4.69) is 195 Å². The van der Waals surface area contributed by atoms with Crippen LogP contribution in [0.2, 0.25) is 0 Å². The fourth-order valence-corrected chi connectivity index (χ4v) is 8.39. The first kappa shape index (κ1) is 27.6. The van der Waals surface area contributed by atoms with Gasteiger partial charge >= 0.3 is 0 Å². The van der Waals surface area contributed by atoms with Gasteiger partial charge in [-0.1, -0.05) is 153 Å². The molecule has 0 heterocycles. The SMILES string of the molecule is CC1(C)c2cccc3c2-c2c1cccc2C3(c1ccccc1)c1ccc(-c2ccc(N(c3ccccc3)c3ccccc3)cc2)cc1. The zero-order valence-electron chi connectivity index (χ0n) is 26.7. The van der Waals surface area contributed by atoms with Crippen LogP contribution < -0.4 is 4.90 Å². The van der Waals surface area contributed by atoms with Crippen LogP contribution in [-0.4, -0.2) is 0 Å². The summed E-state index contributed by atoms with van der Waals surface area (Å²) in [5.74, 6) is 0. The number of nitrogens with zero attached hydrogens (tertiary/aromatic N) is 1. The maximum atomic E-state index is 2.37. The van der Waals surface area contributed by atoms with Crippen LogP contribution in [0.1, 0.15) is 47.2 Å². The first-order valence-corrected chi connectivity index (χ1v) is 16.5. The highest BCUT2D eigenvalue weighted by Crippen LogP contribution is 2.63. The lowest BCUT2D eigenvalue weighted by Gasteiger charge is -2.36. The van der Waals surface area contributed by atoms with E-state index in [1.807, 2.05) is 0 Å². The molecular formula is C46H35N. The van der Waals surface area contributed by atoms with Crippen molar-refractivity contribution in [2.45, 2.75) is 24.7 Å². The zero-order chi connectivity index (χ0) is 31.6. The third-order valence-electron chi connectivity index (χ3n) is 10.5. The average molecular weight is 602 g/mol. The smallest absolute Gasteiger partial charge is 0.0713 e. The van der Waals surface area contributed by atoms with Gasteiger partial charge in [-0.25, -0.2) is 0 Å². The Kier molecular flexibility index (Phi) is 6.14. The molecule has 0 amide bonds. The van der Waals surface area contributed by atoms with Crippen molar-refractivity contribution in [3.8, 4) is 22.3 Å². The quantitative estimate of drug-likeness (QED) is 0.183. The number of benzene rings is 7. The molecule has 0 spiro atoms. The Labute approximate surface area is 277 Å². The van der Waals surface area contributed by atoms with Crippen LogP contribution in [0.25, 0.3) is 22.3 Å². The van der Waals surface area contributed by atoms with E-state index in [-0.39, 0.29) is 10.8 Å².